The molecule has 0 aliphatic heterocycles. The van der Waals surface area contributed by atoms with Crippen molar-refractivity contribution in [3.8, 4) is 5.75 Å². The molecule has 0 heterocycles. The highest BCUT2D eigenvalue weighted by molar-refractivity contribution is 6.32. The summed E-state index contributed by atoms with van der Waals surface area (Å²) in [7, 11) is 2.86. The Morgan fingerprint density at radius 3 is 2.73 bits per heavy atom. The number of ether oxygens (including phenoxy) is 2. The van der Waals surface area contributed by atoms with Crippen LogP contribution >= 0.6 is 11.6 Å². The third kappa shape index (κ3) is 2.99. The molecule has 0 radical (unpaired) electrons. The quantitative estimate of drug-likeness (QED) is 0.587. The van der Waals surface area contributed by atoms with Crippen molar-refractivity contribution in [3.05, 3.63) is 34.9 Å². The van der Waals surface area contributed by atoms with Crippen LogP contribution in [0.2, 0.25) is 5.02 Å². The van der Waals surface area contributed by atoms with Crippen LogP contribution in [0, 0.1) is 0 Å². The minimum atomic E-state index is -0.433. The Morgan fingerprint density at radius 1 is 1.40 bits per heavy atom. The summed E-state index contributed by atoms with van der Waals surface area (Å²) in [6.07, 6.45) is 2.86. The molecule has 0 saturated heterocycles. The van der Waals surface area contributed by atoms with Gasteiger partial charge in [-0.2, -0.15) is 0 Å². The number of hydrogen-bond acceptors (Lipinski definition) is 3. The fraction of sp³-hybridized carbons (Fsp3) is 0.182. The first kappa shape index (κ1) is 11.6. The van der Waals surface area contributed by atoms with Crippen LogP contribution in [0.1, 0.15) is 5.56 Å². The molecule has 0 atom stereocenters. The molecule has 15 heavy (non-hydrogen) atoms. The molecule has 0 aromatic heterocycles. The topological polar surface area (TPSA) is 35.5 Å². The van der Waals surface area contributed by atoms with E-state index < -0.39 is 5.97 Å². The number of rotatable bonds is 3. The van der Waals surface area contributed by atoms with E-state index in [1.54, 1.807) is 31.4 Å². The predicted molar refractivity (Wildman–Crippen MR) is 59.1 cm³/mol. The summed E-state index contributed by atoms with van der Waals surface area (Å²) in [6.45, 7) is 0. The second-order valence-corrected chi connectivity index (χ2v) is 3.12. The molecule has 1 aromatic rings. The van der Waals surface area contributed by atoms with Crippen molar-refractivity contribution in [3.63, 3.8) is 0 Å². The molecular formula is C11H11ClO3. The zero-order valence-corrected chi connectivity index (χ0v) is 9.25. The van der Waals surface area contributed by atoms with Crippen molar-refractivity contribution in [2.45, 2.75) is 0 Å². The van der Waals surface area contributed by atoms with Crippen LogP contribution in [0.4, 0.5) is 0 Å². The third-order valence-electron chi connectivity index (χ3n) is 1.82. The van der Waals surface area contributed by atoms with Crippen molar-refractivity contribution < 1.29 is 14.3 Å². The number of benzene rings is 1. The van der Waals surface area contributed by atoms with E-state index in [1.165, 1.54) is 13.2 Å². The van der Waals surface area contributed by atoms with E-state index in [2.05, 4.69) is 4.74 Å². The summed E-state index contributed by atoms with van der Waals surface area (Å²) in [6, 6.07) is 5.26. The van der Waals surface area contributed by atoms with E-state index in [0.717, 1.165) is 0 Å². The van der Waals surface area contributed by atoms with E-state index in [1.807, 2.05) is 0 Å². The van der Waals surface area contributed by atoms with Gasteiger partial charge in [0.15, 0.2) is 0 Å². The maximum atomic E-state index is 10.9. The van der Waals surface area contributed by atoms with E-state index in [-0.39, 0.29) is 0 Å². The second kappa shape index (κ2) is 5.41. The lowest BCUT2D eigenvalue weighted by Crippen LogP contribution is -1.94. The minimum absolute atomic E-state index is 0.433. The number of esters is 1. The first-order valence-corrected chi connectivity index (χ1v) is 4.65. The smallest absolute Gasteiger partial charge is 0.330 e. The van der Waals surface area contributed by atoms with E-state index in [0.29, 0.717) is 16.3 Å². The van der Waals surface area contributed by atoms with Crippen LogP contribution in [0.5, 0.6) is 5.75 Å². The monoisotopic (exact) mass is 226 g/mol. The summed E-state index contributed by atoms with van der Waals surface area (Å²) < 4.78 is 9.58. The number of methoxy groups -OCH3 is 2. The molecule has 0 saturated carbocycles. The molecule has 3 nitrogen and oxygen atoms in total. The molecule has 0 aliphatic carbocycles. The van der Waals surface area contributed by atoms with E-state index in [4.69, 9.17) is 16.3 Å². The molecule has 4 heteroatoms. The van der Waals surface area contributed by atoms with E-state index >= 15 is 0 Å². The Kier molecular flexibility index (Phi) is 4.18. The van der Waals surface area contributed by atoms with Crippen molar-refractivity contribution in [1.82, 2.24) is 0 Å². The highest BCUT2D eigenvalue weighted by atomic mass is 35.5. The minimum Gasteiger partial charge on any atom is -0.496 e. The fourth-order valence-electron chi connectivity index (χ4n) is 1.08. The molecule has 0 aliphatic rings. The Hall–Kier alpha value is -1.48. The van der Waals surface area contributed by atoms with Gasteiger partial charge in [-0.15, -0.1) is 0 Å². The SMILES string of the molecule is COC(=O)C=Cc1c(Cl)cccc1OC. The molecule has 80 valence electrons. The van der Waals surface area contributed by atoms with Crippen LogP contribution in [0.3, 0.4) is 0 Å². The van der Waals surface area contributed by atoms with Gasteiger partial charge in [-0.25, -0.2) is 4.79 Å². The first-order valence-electron chi connectivity index (χ1n) is 4.27. The maximum absolute atomic E-state index is 10.9. The summed E-state index contributed by atoms with van der Waals surface area (Å²) >= 11 is 5.95. The van der Waals surface area contributed by atoms with Crippen LogP contribution in [-0.4, -0.2) is 20.2 Å². The summed E-state index contributed by atoms with van der Waals surface area (Å²) in [5.41, 5.74) is 0.659. The van der Waals surface area contributed by atoms with Crippen LogP contribution in [0.15, 0.2) is 24.3 Å². The van der Waals surface area contributed by atoms with Gasteiger partial charge in [-0.3, -0.25) is 0 Å². The van der Waals surface area contributed by atoms with Crippen molar-refractivity contribution in [1.29, 1.82) is 0 Å². The number of halogens is 1. The van der Waals surface area contributed by atoms with E-state index in [9.17, 15) is 4.79 Å². The van der Waals surface area contributed by atoms with Gasteiger partial charge in [-0.1, -0.05) is 17.7 Å². The summed E-state index contributed by atoms with van der Waals surface area (Å²) in [5.74, 6) is 0.180. The van der Waals surface area contributed by atoms with Gasteiger partial charge < -0.3 is 9.47 Å². The zero-order valence-electron chi connectivity index (χ0n) is 8.49. The van der Waals surface area contributed by atoms with Crippen LogP contribution in [-0.2, 0) is 9.53 Å². The molecule has 1 aromatic carbocycles. The van der Waals surface area contributed by atoms with Crippen LogP contribution in [0.25, 0.3) is 6.08 Å². The van der Waals surface area contributed by atoms with Gasteiger partial charge in [0.05, 0.1) is 19.2 Å². The largest absolute Gasteiger partial charge is 0.496 e. The standard InChI is InChI=1S/C11H11ClO3/c1-14-10-5-3-4-9(12)8(10)6-7-11(13)15-2/h3-7H,1-2H3. The van der Waals surface area contributed by atoms with Crippen LogP contribution < -0.4 is 4.74 Å². The lowest BCUT2D eigenvalue weighted by molar-refractivity contribution is -0.134. The lowest BCUT2D eigenvalue weighted by atomic mass is 10.2. The average Bonchev–Trinajstić information content (AvgIpc) is 2.26. The highest BCUT2D eigenvalue weighted by Crippen LogP contribution is 2.27. The fourth-order valence-corrected chi connectivity index (χ4v) is 1.31. The highest BCUT2D eigenvalue weighted by Gasteiger charge is 2.04. The number of carbonyl (C=O) groups excluding carboxylic acids is 1. The zero-order chi connectivity index (χ0) is 11.3. The third-order valence-corrected chi connectivity index (χ3v) is 2.15. The lowest BCUT2D eigenvalue weighted by Gasteiger charge is -2.05. The Morgan fingerprint density at radius 2 is 2.13 bits per heavy atom. The molecule has 0 bridgehead atoms. The molecule has 0 spiro atoms. The molecular weight excluding hydrogens is 216 g/mol. The van der Waals surface area contributed by atoms with Gasteiger partial charge in [0.25, 0.3) is 0 Å². The molecule has 0 amide bonds. The normalized spacial score (nSPS) is 10.3. The summed E-state index contributed by atoms with van der Waals surface area (Å²) in [4.78, 5) is 10.9. The Bertz CT molecular complexity index is 385. The molecule has 1 rings (SSSR count). The Balaban J connectivity index is 3.02. The summed E-state index contributed by atoms with van der Waals surface area (Å²) in [5, 5.41) is 0.523. The van der Waals surface area contributed by atoms with Gasteiger partial charge in [-0.05, 0) is 18.2 Å². The van der Waals surface area contributed by atoms with Gasteiger partial charge in [0.1, 0.15) is 5.75 Å². The molecule has 0 fully saturated rings. The first-order chi connectivity index (χ1) is 7.19. The second-order valence-electron chi connectivity index (χ2n) is 2.71. The predicted octanol–water partition coefficient (Wildman–Crippen LogP) is 2.53. The van der Waals surface area contributed by atoms with Gasteiger partial charge in [0, 0.05) is 11.6 Å². The van der Waals surface area contributed by atoms with Crippen molar-refractivity contribution in [2.75, 3.05) is 14.2 Å². The maximum Gasteiger partial charge on any atom is 0.330 e. The molecule has 0 unspecified atom stereocenters. The Labute approximate surface area is 93.3 Å². The van der Waals surface area contributed by atoms with Gasteiger partial charge >= 0.3 is 5.97 Å². The number of hydrogen-bond donors (Lipinski definition) is 0. The molecule has 0 N–H and O–H groups in total. The average molecular weight is 227 g/mol. The van der Waals surface area contributed by atoms with Crippen molar-refractivity contribution >= 4 is 23.6 Å². The van der Waals surface area contributed by atoms with Crippen molar-refractivity contribution in [2.24, 2.45) is 0 Å². The number of carbonyl (C=O) groups is 1. The van der Waals surface area contributed by atoms with Gasteiger partial charge in [0.2, 0.25) is 0 Å².